The maximum Gasteiger partial charge on any atom is 0.254 e. The molecule has 1 aromatic rings. The largest absolute Gasteiger partial charge is 0.339 e. The summed E-state index contributed by atoms with van der Waals surface area (Å²) in [5, 5.41) is 3.14. The third-order valence-corrected chi connectivity index (χ3v) is 3.79. The van der Waals surface area contributed by atoms with E-state index in [9.17, 15) is 4.79 Å². The highest BCUT2D eigenvalue weighted by atomic mass is 16.2. The minimum atomic E-state index is 0.166. The molecule has 0 heterocycles. The topological polar surface area (TPSA) is 32.3 Å². The molecule has 1 amide bonds. The molecule has 3 nitrogen and oxygen atoms in total. The molecule has 0 aliphatic carbocycles. The Kier molecular flexibility index (Phi) is 7.31. The van der Waals surface area contributed by atoms with E-state index in [2.05, 4.69) is 32.2 Å². The third kappa shape index (κ3) is 4.64. The monoisotopic (exact) mass is 276 g/mol. The number of likely N-dealkylation sites (N-methyl/N-ethyl adjacent to an activating group) is 1. The Balaban J connectivity index is 2.88. The first kappa shape index (κ1) is 16.7. The van der Waals surface area contributed by atoms with Crippen molar-refractivity contribution in [2.24, 2.45) is 5.92 Å². The fraction of sp³-hybridized carbons (Fsp3) is 0.588. The normalized spacial score (nSPS) is 12.2. The number of hydrogen-bond donors (Lipinski definition) is 1. The zero-order chi connectivity index (χ0) is 15.0. The summed E-state index contributed by atoms with van der Waals surface area (Å²) in [5.41, 5.74) is 1.99. The zero-order valence-electron chi connectivity index (χ0n) is 13.3. The van der Waals surface area contributed by atoms with Crippen LogP contribution in [0.25, 0.3) is 0 Å². The van der Waals surface area contributed by atoms with Crippen molar-refractivity contribution >= 4 is 5.91 Å². The van der Waals surface area contributed by atoms with Gasteiger partial charge in [-0.15, -0.1) is 0 Å². The van der Waals surface area contributed by atoms with Crippen LogP contribution in [-0.2, 0) is 6.42 Å². The summed E-state index contributed by atoms with van der Waals surface area (Å²) < 4.78 is 0. The highest BCUT2D eigenvalue weighted by molar-refractivity contribution is 5.95. The molecule has 3 heteroatoms. The molecular formula is C17H28N2O. The lowest BCUT2D eigenvalue weighted by atomic mass is 10.0. The lowest BCUT2D eigenvalue weighted by Crippen LogP contribution is -2.35. The van der Waals surface area contributed by atoms with Crippen molar-refractivity contribution in [3.63, 3.8) is 0 Å². The molecule has 0 bridgehead atoms. The van der Waals surface area contributed by atoms with Crippen molar-refractivity contribution in [1.82, 2.24) is 10.2 Å². The SMILES string of the molecule is CCC(C)CN(CC)C(=O)c1ccccc1CCNC. The Morgan fingerprint density at radius 2 is 2.00 bits per heavy atom. The molecule has 0 aromatic heterocycles. The van der Waals surface area contributed by atoms with E-state index in [4.69, 9.17) is 0 Å². The van der Waals surface area contributed by atoms with Crippen molar-refractivity contribution in [3.05, 3.63) is 35.4 Å². The lowest BCUT2D eigenvalue weighted by Gasteiger charge is -2.25. The fourth-order valence-corrected chi connectivity index (χ4v) is 2.24. The lowest BCUT2D eigenvalue weighted by molar-refractivity contribution is 0.0739. The average Bonchev–Trinajstić information content (AvgIpc) is 2.49. The van der Waals surface area contributed by atoms with Gasteiger partial charge in [-0.05, 0) is 44.5 Å². The van der Waals surface area contributed by atoms with Gasteiger partial charge in [-0.3, -0.25) is 4.79 Å². The minimum absolute atomic E-state index is 0.166. The second kappa shape index (κ2) is 8.75. The summed E-state index contributed by atoms with van der Waals surface area (Å²) in [6.45, 7) is 8.92. The molecular weight excluding hydrogens is 248 g/mol. The number of rotatable bonds is 8. The Labute approximate surface area is 123 Å². The summed E-state index contributed by atoms with van der Waals surface area (Å²) in [6, 6.07) is 7.97. The van der Waals surface area contributed by atoms with Gasteiger partial charge < -0.3 is 10.2 Å². The number of amides is 1. The number of carbonyl (C=O) groups excluding carboxylic acids is 1. The number of benzene rings is 1. The Morgan fingerprint density at radius 1 is 1.30 bits per heavy atom. The third-order valence-electron chi connectivity index (χ3n) is 3.79. The molecule has 1 aromatic carbocycles. The van der Waals surface area contributed by atoms with Gasteiger partial charge >= 0.3 is 0 Å². The molecule has 0 aliphatic rings. The second-order valence-corrected chi connectivity index (χ2v) is 5.37. The average molecular weight is 276 g/mol. The smallest absolute Gasteiger partial charge is 0.254 e. The van der Waals surface area contributed by atoms with Gasteiger partial charge in [-0.2, -0.15) is 0 Å². The van der Waals surface area contributed by atoms with E-state index in [1.807, 2.05) is 30.1 Å². The summed E-state index contributed by atoms with van der Waals surface area (Å²) in [6.07, 6.45) is 1.99. The summed E-state index contributed by atoms with van der Waals surface area (Å²) in [4.78, 5) is 14.7. The molecule has 112 valence electrons. The van der Waals surface area contributed by atoms with Gasteiger partial charge in [0.05, 0.1) is 0 Å². The van der Waals surface area contributed by atoms with Crippen LogP contribution >= 0.6 is 0 Å². The number of carbonyl (C=O) groups is 1. The number of nitrogens with zero attached hydrogens (tertiary/aromatic N) is 1. The number of hydrogen-bond acceptors (Lipinski definition) is 2. The molecule has 0 saturated carbocycles. The van der Waals surface area contributed by atoms with Crippen LogP contribution in [0.1, 0.15) is 43.1 Å². The van der Waals surface area contributed by atoms with E-state index in [-0.39, 0.29) is 5.91 Å². The first-order chi connectivity index (χ1) is 9.63. The highest BCUT2D eigenvalue weighted by Crippen LogP contribution is 2.14. The quantitative estimate of drug-likeness (QED) is 0.791. The second-order valence-electron chi connectivity index (χ2n) is 5.37. The number of nitrogens with one attached hydrogen (secondary N) is 1. The van der Waals surface area contributed by atoms with Crippen LogP contribution < -0.4 is 5.32 Å². The molecule has 0 fully saturated rings. The van der Waals surface area contributed by atoms with Crippen LogP contribution in [-0.4, -0.2) is 37.5 Å². The predicted octanol–water partition coefficient (Wildman–Crippen LogP) is 2.96. The van der Waals surface area contributed by atoms with Gasteiger partial charge in [0.25, 0.3) is 5.91 Å². The maximum absolute atomic E-state index is 12.7. The van der Waals surface area contributed by atoms with Crippen molar-refractivity contribution in [1.29, 1.82) is 0 Å². The van der Waals surface area contributed by atoms with Crippen LogP contribution in [0.5, 0.6) is 0 Å². The van der Waals surface area contributed by atoms with Crippen LogP contribution in [0.2, 0.25) is 0 Å². The molecule has 0 spiro atoms. The predicted molar refractivity (Wildman–Crippen MR) is 85.1 cm³/mol. The van der Waals surface area contributed by atoms with Crippen molar-refractivity contribution in [2.75, 3.05) is 26.7 Å². The van der Waals surface area contributed by atoms with Gasteiger partial charge in [-0.1, -0.05) is 38.5 Å². The summed E-state index contributed by atoms with van der Waals surface area (Å²) in [5.74, 6) is 0.711. The molecule has 20 heavy (non-hydrogen) atoms. The van der Waals surface area contributed by atoms with E-state index in [0.29, 0.717) is 5.92 Å². The van der Waals surface area contributed by atoms with E-state index < -0.39 is 0 Å². The van der Waals surface area contributed by atoms with Crippen LogP contribution in [0.4, 0.5) is 0 Å². The molecule has 1 N–H and O–H groups in total. The van der Waals surface area contributed by atoms with E-state index in [0.717, 1.165) is 43.6 Å². The molecule has 0 radical (unpaired) electrons. The first-order valence-electron chi connectivity index (χ1n) is 7.65. The van der Waals surface area contributed by atoms with Gasteiger partial charge in [0.15, 0.2) is 0 Å². The molecule has 1 atom stereocenters. The Morgan fingerprint density at radius 3 is 2.60 bits per heavy atom. The Bertz CT molecular complexity index is 417. The summed E-state index contributed by atoms with van der Waals surface area (Å²) >= 11 is 0. The zero-order valence-corrected chi connectivity index (χ0v) is 13.3. The standard InChI is InChI=1S/C17H28N2O/c1-5-14(3)13-19(6-2)17(20)16-10-8-7-9-15(16)11-12-18-4/h7-10,14,18H,5-6,11-13H2,1-4H3. The molecule has 1 rings (SSSR count). The van der Waals surface area contributed by atoms with Gasteiger partial charge in [0, 0.05) is 18.7 Å². The van der Waals surface area contributed by atoms with Gasteiger partial charge in [0.2, 0.25) is 0 Å². The molecule has 0 saturated heterocycles. The van der Waals surface area contributed by atoms with Gasteiger partial charge in [0.1, 0.15) is 0 Å². The van der Waals surface area contributed by atoms with Crippen molar-refractivity contribution in [2.45, 2.75) is 33.6 Å². The highest BCUT2D eigenvalue weighted by Gasteiger charge is 2.18. The fourth-order valence-electron chi connectivity index (χ4n) is 2.24. The Hall–Kier alpha value is -1.35. The maximum atomic E-state index is 12.7. The van der Waals surface area contributed by atoms with Crippen LogP contribution in [0.3, 0.4) is 0 Å². The van der Waals surface area contributed by atoms with E-state index >= 15 is 0 Å². The summed E-state index contributed by atoms with van der Waals surface area (Å²) in [7, 11) is 1.94. The van der Waals surface area contributed by atoms with E-state index in [1.165, 1.54) is 0 Å². The molecule has 1 unspecified atom stereocenters. The first-order valence-corrected chi connectivity index (χ1v) is 7.65. The minimum Gasteiger partial charge on any atom is -0.339 e. The van der Waals surface area contributed by atoms with Crippen LogP contribution in [0.15, 0.2) is 24.3 Å². The van der Waals surface area contributed by atoms with Crippen LogP contribution in [0, 0.1) is 5.92 Å². The van der Waals surface area contributed by atoms with E-state index in [1.54, 1.807) is 0 Å². The van der Waals surface area contributed by atoms with Crippen molar-refractivity contribution in [3.8, 4) is 0 Å². The van der Waals surface area contributed by atoms with Gasteiger partial charge in [-0.25, -0.2) is 0 Å². The van der Waals surface area contributed by atoms with Crippen molar-refractivity contribution < 1.29 is 4.79 Å². The molecule has 0 aliphatic heterocycles.